The number of nitrogens with one attached hydrogen (secondary N) is 1. The summed E-state index contributed by atoms with van der Waals surface area (Å²) in [5, 5.41) is 0.369. The van der Waals surface area contributed by atoms with Crippen molar-refractivity contribution >= 4 is 41.3 Å². The van der Waals surface area contributed by atoms with E-state index in [0.29, 0.717) is 5.02 Å². The fourth-order valence-electron chi connectivity index (χ4n) is 3.13. The first kappa shape index (κ1) is 20.0. The van der Waals surface area contributed by atoms with Crippen molar-refractivity contribution in [1.29, 1.82) is 0 Å². The smallest absolute Gasteiger partial charge is 0.237 e. The molecule has 0 bridgehead atoms. The number of benzene rings is 1. The number of hydrazine groups is 1. The van der Waals surface area contributed by atoms with Crippen molar-refractivity contribution in [3.05, 3.63) is 29.3 Å². The number of hydrogen-bond donors (Lipinski definition) is 1. The van der Waals surface area contributed by atoms with Gasteiger partial charge in [-0.25, -0.2) is 30.7 Å². The van der Waals surface area contributed by atoms with Crippen molar-refractivity contribution in [3.63, 3.8) is 0 Å². The van der Waals surface area contributed by atoms with Gasteiger partial charge in [-0.05, 0) is 37.1 Å². The second-order valence-electron chi connectivity index (χ2n) is 6.54. The van der Waals surface area contributed by atoms with Gasteiger partial charge in [0.2, 0.25) is 0 Å². The molecule has 12 heteroatoms. The van der Waals surface area contributed by atoms with Crippen LogP contribution in [0.5, 0.6) is 0 Å². The van der Waals surface area contributed by atoms with Crippen molar-refractivity contribution in [1.82, 2.24) is 9.84 Å². The molecule has 0 radical (unpaired) electrons. The average Bonchev–Trinajstić information content (AvgIpc) is 3.06. The number of hydrogen-bond acceptors (Lipinski definition) is 7. The zero-order valence-electron chi connectivity index (χ0n) is 13.7. The SMILES string of the molecule is O=S1(=O)CC[C@@H](NN([C@@H]2CCS(=O)(=O)C2)S(=O)(=O)c2ccc(Cl)cc2)C1. The van der Waals surface area contributed by atoms with Crippen LogP contribution in [0.15, 0.2) is 29.2 Å². The topological polar surface area (TPSA) is 118 Å². The highest BCUT2D eigenvalue weighted by Crippen LogP contribution is 2.26. The maximum atomic E-state index is 13.1. The quantitative estimate of drug-likeness (QED) is 0.647. The zero-order chi connectivity index (χ0) is 19.2. The van der Waals surface area contributed by atoms with Crippen molar-refractivity contribution in [2.24, 2.45) is 0 Å². The number of nitrogens with zero attached hydrogens (tertiary/aromatic N) is 1. The van der Waals surface area contributed by atoms with Gasteiger partial charge in [0.05, 0.1) is 33.9 Å². The Morgan fingerprint density at radius 1 is 0.962 bits per heavy atom. The lowest BCUT2D eigenvalue weighted by molar-refractivity contribution is 0.229. The lowest BCUT2D eigenvalue weighted by atomic mass is 10.2. The monoisotopic (exact) mass is 442 g/mol. The predicted molar refractivity (Wildman–Crippen MR) is 97.7 cm³/mol. The molecule has 2 heterocycles. The van der Waals surface area contributed by atoms with Crippen LogP contribution >= 0.6 is 11.6 Å². The summed E-state index contributed by atoms with van der Waals surface area (Å²) in [6.45, 7) is 0. The van der Waals surface area contributed by atoms with Gasteiger partial charge in [-0.2, -0.15) is 0 Å². The Bertz CT molecular complexity index is 990. The summed E-state index contributed by atoms with van der Waals surface area (Å²) >= 11 is 5.80. The molecule has 2 aliphatic heterocycles. The molecule has 0 aliphatic carbocycles. The minimum absolute atomic E-state index is 0.0253. The third-order valence-corrected chi connectivity index (χ3v) is 10.0. The Hall–Kier alpha value is -0.720. The first-order valence-electron chi connectivity index (χ1n) is 7.96. The van der Waals surface area contributed by atoms with Crippen LogP contribution in [0.4, 0.5) is 0 Å². The zero-order valence-corrected chi connectivity index (χ0v) is 16.9. The van der Waals surface area contributed by atoms with E-state index in [2.05, 4.69) is 5.43 Å². The van der Waals surface area contributed by atoms with E-state index < -0.39 is 41.8 Å². The molecule has 0 amide bonds. The minimum atomic E-state index is -4.07. The van der Waals surface area contributed by atoms with Crippen LogP contribution in [0.25, 0.3) is 0 Å². The highest BCUT2D eigenvalue weighted by atomic mass is 35.5. The molecule has 2 fully saturated rings. The van der Waals surface area contributed by atoms with Crippen LogP contribution < -0.4 is 5.43 Å². The largest absolute Gasteiger partial charge is 0.256 e. The van der Waals surface area contributed by atoms with Crippen LogP contribution in [0.2, 0.25) is 5.02 Å². The molecule has 1 N–H and O–H groups in total. The molecule has 146 valence electrons. The van der Waals surface area contributed by atoms with Crippen LogP contribution in [0.1, 0.15) is 12.8 Å². The molecule has 8 nitrogen and oxygen atoms in total. The van der Waals surface area contributed by atoms with Gasteiger partial charge in [-0.15, -0.1) is 4.41 Å². The van der Waals surface area contributed by atoms with E-state index in [9.17, 15) is 25.3 Å². The van der Waals surface area contributed by atoms with E-state index in [1.165, 1.54) is 24.3 Å². The number of halogens is 1. The molecule has 0 spiro atoms. The normalized spacial score (nSPS) is 27.8. The van der Waals surface area contributed by atoms with Gasteiger partial charge in [0.25, 0.3) is 10.0 Å². The highest BCUT2D eigenvalue weighted by molar-refractivity contribution is 7.92. The first-order chi connectivity index (χ1) is 12.0. The lowest BCUT2D eigenvalue weighted by Gasteiger charge is -2.30. The summed E-state index contributed by atoms with van der Waals surface area (Å²) in [5.41, 5.74) is 2.77. The summed E-state index contributed by atoms with van der Waals surface area (Å²) in [7, 11) is -10.6. The highest BCUT2D eigenvalue weighted by Gasteiger charge is 2.41. The third-order valence-electron chi connectivity index (χ3n) is 4.45. The van der Waals surface area contributed by atoms with Gasteiger partial charge in [-0.3, -0.25) is 0 Å². The van der Waals surface area contributed by atoms with Gasteiger partial charge in [0.1, 0.15) is 0 Å². The Labute approximate surface area is 158 Å². The average molecular weight is 443 g/mol. The summed E-state index contributed by atoms with van der Waals surface area (Å²) in [4.78, 5) is -0.0421. The molecule has 26 heavy (non-hydrogen) atoms. The molecule has 2 saturated heterocycles. The van der Waals surface area contributed by atoms with Crippen molar-refractivity contribution in [3.8, 4) is 0 Å². The lowest BCUT2D eigenvalue weighted by Crippen LogP contribution is -2.54. The number of rotatable bonds is 5. The van der Waals surface area contributed by atoms with Gasteiger partial charge >= 0.3 is 0 Å². The van der Waals surface area contributed by atoms with E-state index in [0.717, 1.165) is 4.41 Å². The maximum absolute atomic E-state index is 13.1. The van der Waals surface area contributed by atoms with Crippen LogP contribution in [-0.4, -0.2) is 64.8 Å². The Balaban J connectivity index is 1.93. The molecule has 3 rings (SSSR count). The van der Waals surface area contributed by atoms with Gasteiger partial charge in [0, 0.05) is 11.1 Å². The second kappa shape index (κ2) is 7.02. The molecule has 1 aromatic carbocycles. The number of sulfone groups is 2. The Morgan fingerprint density at radius 3 is 2.04 bits per heavy atom. The van der Waals surface area contributed by atoms with Crippen molar-refractivity contribution in [2.75, 3.05) is 23.0 Å². The van der Waals surface area contributed by atoms with Crippen LogP contribution in [0.3, 0.4) is 0 Å². The van der Waals surface area contributed by atoms with E-state index >= 15 is 0 Å². The van der Waals surface area contributed by atoms with E-state index in [1.807, 2.05) is 0 Å². The fourth-order valence-corrected chi connectivity index (χ4v) is 8.28. The first-order valence-corrected chi connectivity index (χ1v) is 13.4. The standard InChI is InChI=1S/C14H19ClN2O6S3/c15-11-1-3-14(4-2-11)26(22,23)17(13-6-8-25(20,21)10-13)16-12-5-7-24(18,19)9-12/h1-4,12-13,16H,5-10H2/t12-,13-/m1/s1. The van der Waals surface area contributed by atoms with E-state index in [1.54, 1.807) is 0 Å². The summed E-state index contributed by atoms with van der Waals surface area (Å²) < 4.78 is 74.1. The molecule has 0 unspecified atom stereocenters. The van der Waals surface area contributed by atoms with Crippen molar-refractivity contribution in [2.45, 2.75) is 29.8 Å². The van der Waals surface area contributed by atoms with Crippen LogP contribution in [-0.2, 0) is 29.7 Å². The maximum Gasteiger partial charge on any atom is 0.256 e. The summed E-state index contributed by atoms with van der Waals surface area (Å²) in [5.74, 6) is -0.608. The predicted octanol–water partition coefficient (Wildman–Crippen LogP) is 0.210. The molecule has 0 saturated carbocycles. The van der Waals surface area contributed by atoms with Crippen LogP contribution in [0, 0.1) is 0 Å². The number of sulfonamides is 1. The molecule has 0 aromatic heterocycles. The minimum Gasteiger partial charge on any atom is -0.237 e. The van der Waals surface area contributed by atoms with Crippen molar-refractivity contribution < 1.29 is 25.3 Å². The summed E-state index contributed by atoms with van der Waals surface area (Å²) in [6.07, 6.45) is 0.427. The molecule has 1 aromatic rings. The van der Waals surface area contributed by atoms with E-state index in [-0.39, 0.29) is 40.7 Å². The third kappa shape index (κ3) is 4.39. The second-order valence-corrected chi connectivity index (χ2v) is 13.2. The Kier molecular flexibility index (Phi) is 5.41. The van der Waals surface area contributed by atoms with Gasteiger partial charge in [-0.1, -0.05) is 11.6 Å². The molecule has 2 atom stereocenters. The fraction of sp³-hybridized carbons (Fsp3) is 0.571. The van der Waals surface area contributed by atoms with E-state index in [4.69, 9.17) is 11.6 Å². The molecule has 2 aliphatic rings. The molecular formula is C14H19ClN2O6S3. The molecular weight excluding hydrogens is 424 g/mol. The summed E-state index contributed by atoms with van der Waals surface area (Å²) in [6, 6.07) is 4.16. The Morgan fingerprint density at radius 2 is 1.54 bits per heavy atom. The van der Waals surface area contributed by atoms with Gasteiger partial charge in [0.15, 0.2) is 19.7 Å². The van der Waals surface area contributed by atoms with Gasteiger partial charge < -0.3 is 0 Å².